The van der Waals surface area contributed by atoms with E-state index in [1.807, 2.05) is 24.3 Å². The van der Waals surface area contributed by atoms with Crippen LogP contribution in [0.25, 0.3) is 0 Å². The quantitative estimate of drug-likeness (QED) is 0.873. The van der Waals surface area contributed by atoms with Gasteiger partial charge in [0, 0.05) is 5.56 Å². The van der Waals surface area contributed by atoms with Crippen LogP contribution < -0.4 is 14.2 Å². The van der Waals surface area contributed by atoms with Gasteiger partial charge in [-0.1, -0.05) is 17.3 Å². The lowest BCUT2D eigenvalue weighted by Gasteiger charge is -2.31. The average molecular weight is 329 g/mol. The third-order valence-electron chi connectivity index (χ3n) is 3.90. The fourth-order valence-corrected chi connectivity index (χ4v) is 2.71. The number of aliphatic hydroxyl groups excluding tert-OH is 1. The smallest absolute Gasteiger partial charge is 0.156 e. The Balaban J connectivity index is 2.06. The molecule has 0 radical (unpaired) electrons. The van der Waals surface area contributed by atoms with Crippen LogP contribution in [0.2, 0.25) is 0 Å². The molecule has 2 atom stereocenters. The van der Waals surface area contributed by atoms with Crippen LogP contribution in [0.5, 0.6) is 17.2 Å². The van der Waals surface area contributed by atoms with Gasteiger partial charge in [-0.05, 0) is 35.9 Å². The third kappa shape index (κ3) is 2.88. The van der Waals surface area contributed by atoms with E-state index in [1.165, 1.54) is 7.11 Å². The standard InChI is InChI=1S/C18H19NO5/c1-21-12-6-4-5-11(9-12)18-17(20)16(19-23-3)14-10-13(22-2)7-8-15(14)24-18/h4-10,17-18,20H,1-3H3/b19-16+/t17-,18+/m0/s1. The Morgan fingerprint density at radius 3 is 2.46 bits per heavy atom. The fraction of sp³-hybridized carbons (Fsp3) is 0.278. The molecule has 0 bridgehead atoms. The molecule has 3 rings (SSSR count). The number of ether oxygens (including phenoxy) is 3. The lowest BCUT2D eigenvalue weighted by molar-refractivity contribution is 0.0671. The van der Waals surface area contributed by atoms with Gasteiger partial charge >= 0.3 is 0 Å². The minimum atomic E-state index is -0.989. The van der Waals surface area contributed by atoms with Crippen LogP contribution in [-0.2, 0) is 4.84 Å². The molecule has 0 saturated carbocycles. The molecule has 2 aromatic rings. The van der Waals surface area contributed by atoms with Crippen molar-refractivity contribution in [1.82, 2.24) is 0 Å². The van der Waals surface area contributed by atoms with E-state index in [9.17, 15) is 5.11 Å². The molecule has 2 aromatic carbocycles. The molecule has 0 spiro atoms. The zero-order chi connectivity index (χ0) is 17.1. The number of fused-ring (bicyclic) bond motifs is 1. The lowest BCUT2D eigenvalue weighted by atomic mass is 9.92. The summed E-state index contributed by atoms with van der Waals surface area (Å²) in [6.45, 7) is 0. The van der Waals surface area contributed by atoms with Crippen LogP contribution >= 0.6 is 0 Å². The highest BCUT2D eigenvalue weighted by Crippen LogP contribution is 2.38. The van der Waals surface area contributed by atoms with Gasteiger partial charge in [-0.3, -0.25) is 0 Å². The molecule has 0 amide bonds. The van der Waals surface area contributed by atoms with E-state index in [2.05, 4.69) is 5.16 Å². The first-order chi connectivity index (χ1) is 11.7. The molecule has 6 nitrogen and oxygen atoms in total. The number of aliphatic hydroxyl groups is 1. The van der Waals surface area contributed by atoms with E-state index < -0.39 is 12.2 Å². The molecule has 1 heterocycles. The molecule has 6 heteroatoms. The summed E-state index contributed by atoms with van der Waals surface area (Å²) in [4.78, 5) is 4.92. The lowest BCUT2D eigenvalue weighted by Crippen LogP contribution is -2.37. The second kappa shape index (κ2) is 6.80. The van der Waals surface area contributed by atoms with Crippen LogP contribution in [0.15, 0.2) is 47.6 Å². The molecule has 1 N–H and O–H groups in total. The van der Waals surface area contributed by atoms with Crippen molar-refractivity contribution in [2.24, 2.45) is 5.16 Å². The Labute approximate surface area is 140 Å². The Morgan fingerprint density at radius 2 is 1.75 bits per heavy atom. The van der Waals surface area contributed by atoms with Gasteiger partial charge in [-0.25, -0.2) is 0 Å². The van der Waals surface area contributed by atoms with Gasteiger partial charge in [0.25, 0.3) is 0 Å². The number of nitrogens with zero attached hydrogens (tertiary/aromatic N) is 1. The molecule has 24 heavy (non-hydrogen) atoms. The highest BCUT2D eigenvalue weighted by molar-refractivity contribution is 6.07. The monoisotopic (exact) mass is 329 g/mol. The Bertz CT molecular complexity index is 759. The van der Waals surface area contributed by atoms with Gasteiger partial charge in [0.15, 0.2) is 6.10 Å². The van der Waals surface area contributed by atoms with Crippen LogP contribution in [0.4, 0.5) is 0 Å². The van der Waals surface area contributed by atoms with Crippen LogP contribution in [0, 0.1) is 0 Å². The van der Waals surface area contributed by atoms with Gasteiger partial charge in [0.05, 0.1) is 14.2 Å². The zero-order valence-corrected chi connectivity index (χ0v) is 13.7. The Hall–Kier alpha value is -2.73. The summed E-state index contributed by atoms with van der Waals surface area (Å²) in [6.07, 6.45) is -1.61. The van der Waals surface area contributed by atoms with E-state index in [4.69, 9.17) is 19.0 Å². The number of hydrogen-bond donors (Lipinski definition) is 1. The number of benzene rings is 2. The van der Waals surface area contributed by atoms with Crippen LogP contribution in [0.1, 0.15) is 17.2 Å². The third-order valence-corrected chi connectivity index (χ3v) is 3.90. The van der Waals surface area contributed by atoms with Crippen molar-refractivity contribution in [3.05, 3.63) is 53.6 Å². The Kier molecular flexibility index (Phi) is 4.57. The highest BCUT2D eigenvalue weighted by atomic mass is 16.6. The van der Waals surface area contributed by atoms with Crippen molar-refractivity contribution in [1.29, 1.82) is 0 Å². The Morgan fingerprint density at radius 1 is 1.00 bits per heavy atom. The molecular weight excluding hydrogens is 310 g/mol. The molecular formula is C18H19NO5. The summed E-state index contributed by atoms with van der Waals surface area (Å²) in [5.74, 6) is 1.94. The van der Waals surface area contributed by atoms with Gasteiger partial charge in [0.2, 0.25) is 0 Å². The minimum Gasteiger partial charge on any atom is -0.497 e. The van der Waals surface area contributed by atoms with Crippen molar-refractivity contribution in [2.45, 2.75) is 12.2 Å². The number of methoxy groups -OCH3 is 2. The first-order valence-corrected chi connectivity index (χ1v) is 7.46. The van der Waals surface area contributed by atoms with E-state index in [-0.39, 0.29) is 0 Å². The first-order valence-electron chi connectivity index (χ1n) is 7.46. The SMILES string of the molecule is CO/N=C1\c2cc(OC)ccc2O[C@H](c2cccc(OC)c2)[C@H]1O. The van der Waals surface area contributed by atoms with Crippen LogP contribution in [0.3, 0.4) is 0 Å². The van der Waals surface area contributed by atoms with Gasteiger partial charge in [-0.2, -0.15) is 0 Å². The number of oxime groups is 1. The van der Waals surface area contributed by atoms with E-state index in [0.29, 0.717) is 28.5 Å². The summed E-state index contributed by atoms with van der Waals surface area (Å²) in [5.41, 5.74) is 1.82. The van der Waals surface area contributed by atoms with E-state index >= 15 is 0 Å². The highest BCUT2D eigenvalue weighted by Gasteiger charge is 2.36. The molecule has 0 aromatic heterocycles. The predicted octanol–water partition coefficient (Wildman–Crippen LogP) is 2.55. The largest absolute Gasteiger partial charge is 0.497 e. The minimum absolute atomic E-state index is 0.394. The predicted molar refractivity (Wildman–Crippen MR) is 88.9 cm³/mol. The maximum absolute atomic E-state index is 10.8. The maximum atomic E-state index is 10.8. The number of hydrogen-bond acceptors (Lipinski definition) is 6. The molecule has 1 aliphatic heterocycles. The van der Waals surface area contributed by atoms with Gasteiger partial charge in [-0.15, -0.1) is 0 Å². The molecule has 0 aliphatic carbocycles. The second-order valence-electron chi connectivity index (χ2n) is 5.28. The molecule has 126 valence electrons. The second-order valence-corrected chi connectivity index (χ2v) is 5.28. The van der Waals surface area contributed by atoms with Gasteiger partial charge in [0.1, 0.15) is 36.2 Å². The topological polar surface area (TPSA) is 69.5 Å². The molecule has 0 fully saturated rings. The van der Waals surface area contributed by atoms with Crippen molar-refractivity contribution in [2.75, 3.05) is 21.3 Å². The summed E-state index contributed by atoms with van der Waals surface area (Å²) >= 11 is 0. The summed E-state index contributed by atoms with van der Waals surface area (Å²) in [7, 11) is 4.61. The van der Waals surface area contributed by atoms with E-state index in [1.54, 1.807) is 32.4 Å². The zero-order valence-electron chi connectivity index (χ0n) is 13.7. The van der Waals surface area contributed by atoms with Gasteiger partial charge < -0.3 is 24.2 Å². The molecule has 0 saturated heterocycles. The molecule has 0 unspecified atom stereocenters. The van der Waals surface area contributed by atoms with Crippen LogP contribution in [-0.4, -0.2) is 38.3 Å². The van der Waals surface area contributed by atoms with Crippen molar-refractivity contribution < 1.29 is 24.2 Å². The fourth-order valence-electron chi connectivity index (χ4n) is 2.71. The summed E-state index contributed by atoms with van der Waals surface area (Å²) in [6, 6.07) is 12.7. The van der Waals surface area contributed by atoms with Crippen molar-refractivity contribution in [3.63, 3.8) is 0 Å². The maximum Gasteiger partial charge on any atom is 0.156 e. The van der Waals surface area contributed by atoms with Crippen molar-refractivity contribution >= 4 is 5.71 Å². The molecule has 1 aliphatic rings. The normalized spacial score (nSPS) is 20.9. The van der Waals surface area contributed by atoms with E-state index in [0.717, 1.165) is 5.56 Å². The summed E-state index contributed by atoms with van der Waals surface area (Å²) < 4.78 is 16.5. The van der Waals surface area contributed by atoms with Crippen molar-refractivity contribution in [3.8, 4) is 17.2 Å². The summed E-state index contributed by atoms with van der Waals surface area (Å²) in [5, 5.41) is 14.8. The average Bonchev–Trinajstić information content (AvgIpc) is 2.63. The first kappa shape index (κ1) is 16.1. The number of rotatable bonds is 4.